The number of nitrogens with zero attached hydrogens (tertiary/aromatic N) is 1. The van der Waals surface area contributed by atoms with Crippen LogP contribution in [0.2, 0.25) is 0 Å². The quantitative estimate of drug-likeness (QED) is 0.253. The van der Waals surface area contributed by atoms with E-state index in [9.17, 15) is 14.0 Å². The van der Waals surface area contributed by atoms with E-state index in [0.717, 1.165) is 21.0 Å². The summed E-state index contributed by atoms with van der Waals surface area (Å²) in [5, 5.41) is 1.24. The molecule has 2 aromatic carbocycles. The number of hydrogen-bond acceptors (Lipinski definition) is 7. The average Bonchev–Trinajstić information content (AvgIpc) is 3.67. The summed E-state index contributed by atoms with van der Waals surface area (Å²) in [4.78, 5) is 33.5. The molecule has 10 heteroatoms. The van der Waals surface area contributed by atoms with E-state index in [1.54, 1.807) is 30.2 Å². The second-order valence-electron chi connectivity index (χ2n) is 11.6. The van der Waals surface area contributed by atoms with Crippen LogP contribution >= 0.6 is 35.3 Å². The second kappa shape index (κ2) is 9.70. The number of rotatable bonds is 6. The van der Waals surface area contributed by atoms with Gasteiger partial charge in [-0.15, -0.1) is 23.1 Å². The molecule has 3 heterocycles. The molecule has 0 spiro atoms. The molecule has 4 aliphatic rings. The highest BCUT2D eigenvalue weighted by Crippen LogP contribution is 2.69. The molecule has 0 radical (unpaired) electrons. The molecule has 7 atom stereocenters. The Balaban J connectivity index is 1.28. The fourth-order valence-corrected chi connectivity index (χ4v) is 10.8. The number of anilines is 1. The Morgan fingerprint density at radius 2 is 1.80 bits per heavy atom. The van der Waals surface area contributed by atoms with E-state index in [-0.39, 0.29) is 52.6 Å². The first-order chi connectivity index (χ1) is 19.3. The maximum absolute atomic E-state index is 13.9. The third-order valence-corrected chi connectivity index (χ3v) is 11.9. The lowest BCUT2D eigenvalue weighted by molar-refractivity contribution is -0.123. The zero-order valence-electron chi connectivity index (χ0n) is 22.3. The Kier molecular flexibility index (Phi) is 6.36. The van der Waals surface area contributed by atoms with Crippen LogP contribution in [0, 0.1) is 45.3 Å². The van der Waals surface area contributed by atoms with Crippen molar-refractivity contribution >= 4 is 52.8 Å². The molecule has 3 fully saturated rings. The number of nitrogens with one attached hydrogen (secondary N) is 1. The van der Waals surface area contributed by atoms with E-state index >= 15 is 0 Å². The molecule has 7 unspecified atom stereocenters. The van der Waals surface area contributed by atoms with Crippen molar-refractivity contribution in [3.63, 3.8) is 0 Å². The van der Waals surface area contributed by atoms with Crippen molar-refractivity contribution < 1.29 is 23.5 Å². The number of imide groups is 1. The number of benzene rings is 2. The zero-order valence-corrected chi connectivity index (χ0v) is 24.7. The topological polar surface area (TPSA) is 71.6 Å². The van der Waals surface area contributed by atoms with Gasteiger partial charge in [0.2, 0.25) is 11.8 Å². The van der Waals surface area contributed by atoms with E-state index in [1.807, 2.05) is 6.07 Å². The van der Waals surface area contributed by atoms with Gasteiger partial charge in [0.1, 0.15) is 5.82 Å². The molecule has 2 aliphatic carbocycles. The molecule has 208 valence electrons. The molecule has 1 aromatic heterocycles. The number of fused-ring (bicyclic) bond motifs is 9. The van der Waals surface area contributed by atoms with Crippen LogP contribution in [0.5, 0.6) is 11.5 Å². The molecule has 3 aromatic rings. The fourth-order valence-electron chi connectivity index (χ4n) is 7.49. The maximum Gasteiger partial charge on any atom is 0.238 e. The van der Waals surface area contributed by atoms with Gasteiger partial charge in [0.15, 0.2) is 15.5 Å². The molecule has 40 heavy (non-hydrogen) atoms. The van der Waals surface area contributed by atoms with Crippen molar-refractivity contribution in [3.05, 3.63) is 62.7 Å². The SMILES string of the molecule is COc1cc(C2c3sc(=S)[nH]c3SC3C4CC(C5C(=O)N(c6ccc(F)cc6)C(=O)C45)C23)ccc1OCC(C)C. The van der Waals surface area contributed by atoms with Crippen molar-refractivity contribution in [1.29, 1.82) is 0 Å². The van der Waals surface area contributed by atoms with Crippen LogP contribution < -0.4 is 14.4 Å². The molecule has 1 saturated heterocycles. The summed E-state index contributed by atoms with van der Waals surface area (Å²) in [7, 11) is 1.65. The number of ether oxygens (including phenoxy) is 2. The summed E-state index contributed by atoms with van der Waals surface area (Å²) in [6.45, 7) is 4.81. The van der Waals surface area contributed by atoms with E-state index in [2.05, 4.69) is 31.0 Å². The van der Waals surface area contributed by atoms with Gasteiger partial charge < -0.3 is 14.5 Å². The summed E-state index contributed by atoms with van der Waals surface area (Å²) >= 11 is 8.96. The van der Waals surface area contributed by atoms with Crippen LogP contribution in [-0.2, 0) is 9.59 Å². The minimum atomic E-state index is -0.395. The molecule has 2 amide bonds. The number of methoxy groups -OCH3 is 1. The lowest BCUT2D eigenvalue weighted by atomic mass is 9.68. The molecular formula is C30H29FN2O4S3. The monoisotopic (exact) mass is 596 g/mol. The average molecular weight is 597 g/mol. The summed E-state index contributed by atoms with van der Waals surface area (Å²) in [5.74, 6) is 0.705. The standard InChI is InChI=1S/C30H29FN2O4S3/c1-13(2)12-37-19-9-4-14(10-20(19)36-3)21-22-17-11-18(25(22)39-27-26(21)40-30(38)32-27)24-23(17)28(34)33(29(24)35)16-7-5-15(31)6-8-16/h4-10,13,17-18,21-25H,11-12H2,1-3H3,(H,32,38). The lowest BCUT2D eigenvalue weighted by Gasteiger charge is -2.43. The van der Waals surface area contributed by atoms with Crippen molar-refractivity contribution in [1.82, 2.24) is 4.98 Å². The van der Waals surface area contributed by atoms with Crippen molar-refractivity contribution in [2.24, 2.45) is 35.5 Å². The fraction of sp³-hybridized carbons (Fsp3) is 0.433. The lowest BCUT2D eigenvalue weighted by Crippen LogP contribution is -2.42. The predicted octanol–water partition coefficient (Wildman–Crippen LogP) is 6.67. The number of thiazole rings is 1. The molecule has 2 bridgehead atoms. The number of H-pyrrole nitrogens is 1. The van der Waals surface area contributed by atoms with Crippen molar-refractivity contribution in [2.45, 2.75) is 36.5 Å². The number of halogens is 1. The van der Waals surface area contributed by atoms with E-state index in [4.69, 9.17) is 21.7 Å². The van der Waals surface area contributed by atoms with Gasteiger partial charge in [-0.05, 0) is 84.3 Å². The first-order valence-corrected chi connectivity index (χ1v) is 15.7. The van der Waals surface area contributed by atoms with E-state index in [1.165, 1.54) is 34.0 Å². The molecule has 2 aliphatic heterocycles. The van der Waals surface area contributed by atoms with Gasteiger partial charge in [0.05, 0.1) is 36.3 Å². The largest absolute Gasteiger partial charge is 0.493 e. The number of carbonyl (C=O) groups is 2. The molecule has 2 saturated carbocycles. The first-order valence-electron chi connectivity index (χ1n) is 13.6. The summed E-state index contributed by atoms with van der Waals surface area (Å²) in [6, 6.07) is 11.8. The smallest absolute Gasteiger partial charge is 0.238 e. The van der Waals surface area contributed by atoms with Gasteiger partial charge >= 0.3 is 0 Å². The maximum atomic E-state index is 13.9. The second-order valence-corrected chi connectivity index (χ2v) is 14.5. The molecular weight excluding hydrogens is 568 g/mol. The van der Waals surface area contributed by atoms with Gasteiger partial charge in [0.25, 0.3) is 0 Å². The molecule has 6 nitrogen and oxygen atoms in total. The Morgan fingerprint density at radius 1 is 1.07 bits per heavy atom. The predicted molar refractivity (Wildman–Crippen MR) is 155 cm³/mol. The zero-order chi connectivity index (χ0) is 27.9. The van der Waals surface area contributed by atoms with E-state index < -0.39 is 5.82 Å². The van der Waals surface area contributed by atoms with Gasteiger partial charge in [-0.25, -0.2) is 4.39 Å². The molecule has 1 N–H and O–H groups in total. The number of amides is 2. The number of aromatic nitrogens is 1. The Labute approximate surface area is 245 Å². The normalized spacial score (nSPS) is 30.0. The summed E-state index contributed by atoms with van der Waals surface area (Å²) in [5.41, 5.74) is 1.55. The summed E-state index contributed by atoms with van der Waals surface area (Å²) in [6.07, 6.45) is 0.852. The van der Waals surface area contributed by atoms with E-state index in [0.29, 0.717) is 29.7 Å². The third-order valence-electron chi connectivity index (χ3n) is 8.93. The third kappa shape index (κ3) is 3.89. The number of hydrogen-bond donors (Lipinski definition) is 1. The highest BCUT2D eigenvalue weighted by Gasteiger charge is 2.69. The number of thioether (sulfide) groups is 1. The Morgan fingerprint density at radius 3 is 2.50 bits per heavy atom. The summed E-state index contributed by atoms with van der Waals surface area (Å²) < 4.78 is 26.1. The Hall–Kier alpha value is -2.69. The Bertz CT molecular complexity index is 1570. The minimum Gasteiger partial charge on any atom is -0.493 e. The first kappa shape index (κ1) is 26.2. The number of carbonyl (C=O) groups excluding carboxylic acids is 2. The van der Waals surface area contributed by atoms with Crippen LogP contribution in [0.1, 0.15) is 36.6 Å². The molecule has 7 rings (SSSR count). The van der Waals surface area contributed by atoms with Crippen molar-refractivity contribution in [3.8, 4) is 11.5 Å². The highest BCUT2D eigenvalue weighted by atomic mass is 32.2. The number of aromatic amines is 1. The van der Waals surface area contributed by atoms with Gasteiger partial charge in [-0.2, -0.15) is 0 Å². The van der Waals surface area contributed by atoms with Crippen LogP contribution in [0.3, 0.4) is 0 Å². The van der Waals surface area contributed by atoms with Gasteiger partial charge in [0, 0.05) is 16.0 Å². The van der Waals surface area contributed by atoms with Gasteiger partial charge in [-0.1, -0.05) is 19.9 Å². The van der Waals surface area contributed by atoms with Crippen molar-refractivity contribution in [2.75, 3.05) is 18.6 Å². The van der Waals surface area contributed by atoms with Crippen LogP contribution in [0.25, 0.3) is 0 Å². The van der Waals surface area contributed by atoms with Gasteiger partial charge in [-0.3, -0.25) is 14.5 Å². The highest BCUT2D eigenvalue weighted by molar-refractivity contribution is 8.00. The van der Waals surface area contributed by atoms with Crippen LogP contribution in [0.4, 0.5) is 10.1 Å². The van der Waals surface area contributed by atoms with Crippen LogP contribution in [-0.4, -0.2) is 35.8 Å². The van der Waals surface area contributed by atoms with Crippen LogP contribution in [0.15, 0.2) is 47.5 Å². The minimum absolute atomic E-state index is 0.0194.